The van der Waals surface area contributed by atoms with Crippen molar-refractivity contribution >= 4 is 11.7 Å². The molecule has 2 aromatic rings. The molecule has 20 heavy (non-hydrogen) atoms. The van der Waals surface area contributed by atoms with Crippen LogP contribution in [0.1, 0.15) is 12.5 Å². The number of urea groups is 1. The van der Waals surface area contributed by atoms with E-state index < -0.39 is 0 Å². The molecule has 3 N–H and O–H groups in total. The monoisotopic (exact) mass is 275 g/mol. The summed E-state index contributed by atoms with van der Waals surface area (Å²) < 4.78 is 5.23. The molecule has 0 saturated heterocycles. The number of hydrogen-bond donors (Lipinski definition) is 3. The fourth-order valence-electron chi connectivity index (χ4n) is 1.68. The first-order valence-corrected chi connectivity index (χ1v) is 6.29. The zero-order chi connectivity index (χ0) is 14.5. The Morgan fingerprint density at radius 1 is 1.50 bits per heavy atom. The van der Waals surface area contributed by atoms with Crippen molar-refractivity contribution in [3.8, 4) is 11.5 Å². The van der Waals surface area contributed by atoms with Gasteiger partial charge in [0.25, 0.3) is 0 Å². The summed E-state index contributed by atoms with van der Waals surface area (Å²) in [6.07, 6.45) is 3.07. The molecular weight excluding hydrogens is 258 g/mol. The highest BCUT2D eigenvalue weighted by Gasteiger charge is 2.10. The van der Waals surface area contributed by atoms with E-state index in [1.807, 2.05) is 19.1 Å². The van der Waals surface area contributed by atoms with Gasteiger partial charge in [0, 0.05) is 11.3 Å². The summed E-state index contributed by atoms with van der Waals surface area (Å²) in [5.74, 6) is 0.497. The number of aliphatic hydroxyl groups excluding tert-OH is 1. The van der Waals surface area contributed by atoms with Crippen LogP contribution in [-0.2, 0) is 0 Å². The summed E-state index contributed by atoms with van der Waals surface area (Å²) in [6, 6.07) is 4.89. The van der Waals surface area contributed by atoms with Crippen molar-refractivity contribution in [2.75, 3.05) is 11.9 Å². The largest absolute Gasteiger partial charge is 0.445 e. The van der Waals surface area contributed by atoms with Crippen molar-refractivity contribution in [2.45, 2.75) is 19.9 Å². The number of carbonyl (C=O) groups is 1. The maximum Gasteiger partial charge on any atom is 0.319 e. The molecule has 0 fully saturated rings. The molecule has 6 heteroatoms. The Balaban J connectivity index is 2.15. The van der Waals surface area contributed by atoms with Gasteiger partial charge < -0.3 is 20.2 Å². The van der Waals surface area contributed by atoms with Crippen LogP contribution in [0.5, 0.6) is 0 Å². The number of nitrogens with zero attached hydrogens (tertiary/aromatic N) is 1. The minimum atomic E-state index is -0.362. The fraction of sp³-hybridized carbons (Fsp3) is 0.286. The minimum absolute atomic E-state index is 0.108. The molecule has 1 unspecified atom stereocenters. The topological polar surface area (TPSA) is 87.4 Å². The Morgan fingerprint density at radius 2 is 2.30 bits per heavy atom. The molecule has 1 heterocycles. The molecule has 2 amide bonds. The Labute approximate surface area is 116 Å². The van der Waals surface area contributed by atoms with Crippen LogP contribution in [0.25, 0.3) is 11.5 Å². The first kappa shape index (κ1) is 14.1. The third-order valence-corrected chi connectivity index (χ3v) is 2.82. The number of anilines is 1. The summed E-state index contributed by atoms with van der Waals surface area (Å²) in [5, 5.41) is 14.3. The molecular formula is C14H17N3O3. The zero-order valence-corrected chi connectivity index (χ0v) is 11.4. The van der Waals surface area contributed by atoms with E-state index in [2.05, 4.69) is 15.6 Å². The summed E-state index contributed by atoms with van der Waals surface area (Å²) in [4.78, 5) is 15.8. The predicted molar refractivity (Wildman–Crippen MR) is 75.4 cm³/mol. The number of aliphatic hydroxyl groups is 1. The summed E-state index contributed by atoms with van der Waals surface area (Å²) >= 11 is 0. The van der Waals surface area contributed by atoms with Crippen LogP contribution in [0.2, 0.25) is 0 Å². The van der Waals surface area contributed by atoms with E-state index in [0.717, 1.165) is 11.1 Å². The number of aromatic nitrogens is 1. The van der Waals surface area contributed by atoms with Gasteiger partial charge in [0.2, 0.25) is 5.89 Å². The molecule has 0 spiro atoms. The third kappa shape index (κ3) is 3.36. The molecule has 0 radical (unpaired) electrons. The van der Waals surface area contributed by atoms with Crippen molar-refractivity contribution < 1.29 is 14.3 Å². The Kier molecular flexibility index (Phi) is 4.37. The number of benzene rings is 1. The first-order chi connectivity index (χ1) is 9.60. The number of amides is 2. The van der Waals surface area contributed by atoms with Crippen molar-refractivity contribution in [1.29, 1.82) is 0 Å². The molecule has 106 valence electrons. The highest BCUT2D eigenvalue weighted by atomic mass is 16.3. The molecule has 6 nitrogen and oxygen atoms in total. The lowest BCUT2D eigenvalue weighted by Crippen LogP contribution is -2.38. The second-order valence-corrected chi connectivity index (χ2v) is 4.55. The third-order valence-electron chi connectivity index (χ3n) is 2.82. The van der Waals surface area contributed by atoms with E-state index >= 15 is 0 Å². The zero-order valence-electron chi connectivity index (χ0n) is 11.4. The van der Waals surface area contributed by atoms with Crippen molar-refractivity contribution in [3.63, 3.8) is 0 Å². The smallest absolute Gasteiger partial charge is 0.319 e. The number of oxazole rings is 1. The van der Waals surface area contributed by atoms with E-state index in [1.54, 1.807) is 19.2 Å². The van der Waals surface area contributed by atoms with Gasteiger partial charge in [-0.1, -0.05) is 6.07 Å². The van der Waals surface area contributed by atoms with Crippen LogP contribution in [0.15, 0.2) is 35.1 Å². The lowest BCUT2D eigenvalue weighted by Gasteiger charge is -2.13. The number of aryl methyl sites for hydroxylation is 1. The fourth-order valence-corrected chi connectivity index (χ4v) is 1.68. The SMILES string of the molecule is Cc1ccc(-c2ncco2)cc1NC(=O)NC(C)CO. The standard InChI is InChI=1S/C14H17N3O3/c1-9-3-4-11(13-15-5-6-20-13)7-12(9)17-14(19)16-10(2)8-18/h3-7,10,18H,8H2,1-2H3,(H2,16,17,19). The van der Waals surface area contributed by atoms with E-state index in [4.69, 9.17) is 9.52 Å². The van der Waals surface area contributed by atoms with Gasteiger partial charge >= 0.3 is 6.03 Å². The van der Waals surface area contributed by atoms with Gasteiger partial charge in [0.05, 0.1) is 18.8 Å². The molecule has 0 bridgehead atoms. The highest BCUT2D eigenvalue weighted by molar-refractivity contribution is 5.91. The van der Waals surface area contributed by atoms with E-state index in [-0.39, 0.29) is 18.7 Å². The van der Waals surface area contributed by atoms with Crippen molar-refractivity contribution in [3.05, 3.63) is 36.2 Å². The van der Waals surface area contributed by atoms with Gasteiger partial charge in [-0.15, -0.1) is 0 Å². The molecule has 0 aliphatic heterocycles. The van der Waals surface area contributed by atoms with E-state index in [0.29, 0.717) is 11.6 Å². The molecule has 0 aliphatic rings. The second kappa shape index (κ2) is 6.21. The van der Waals surface area contributed by atoms with Crippen LogP contribution in [-0.4, -0.2) is 28.8 Å². The molecule has 2 rings (SSSR count). The Hall–Kier alpha value is -2.34. The number of nitrogens with one attached hydrogen (secondary N) is 2. The van der Waals surface area contributed by atoms with Crippen molar-refractivity contribution in [1.82, 2.24) is 10.3 Å². The Bertz CT molecular complexity index is 581. The lowest BCUT2D eigenvalue weighted by atomic mass is 10.1. The maximum atomic E-state index is 11.8. The highest BCUT2D eigenvalue weighted by Crippen LogP contribution is 2.24. The van der Waals surface area contributed by atoms with Crippen LogP contribution in [0, 0.1) is 6.92 Å². The van der Waals surface area contributed by atoms with Gasteiger partial charge in [-0.2, -0.15) is 0 Å². The van der Waals surface area contributed by atoms with E-state index in [1.165, 1.54) is 6.26 Å². The maximum absolute atomic E-state index is 11.8. The summed E-state index contributed by atoms with van der Waals surface area (Å²) in [6.45, 7) is 3.50. The Morgan fingerprint density at radius 3 is 2.95 bits per heavy atom. The van der Waals surface area contributed by atoms with Crippen LogP contribution < -0.4 is 10.6 Å². The van der Waals surface area contributed by atoms with Gasteiger partial charge in [0.15, 0.2) is 0 Å². The van der Waals surface area contributed by atoms with Crippen LogP contribution >= 0.6 is 0 Å². The van der Waals surface area contributed by atoms with Gasteiger partial charge in [-0.25, -0.2) is 9.78 Å². The lowest BCUT2D eigenvalue weighted by molar-refractivity contribution is 0.229. The van der Waals surface area contributed by atoms with Gasteiger partial charge in [-0.3, -0.25) is 0 Å². The average Bonchev–Trinajstić information content (AvgIpc) is 2.95. The molecule has 0 aliphatic carbocycles. The minimum Gasteiger partial charge on any atom is -0.445 e. The van der Waals surface area contributed by atoms with Gasteiger partial charge in [0.1, 0.15) is 6.26 Å². The van der Waals surface area contributed by atoms with E-state index in [9.17, 15) is 4.79 Å². The van der Waals surface area contributed by atoms with Crippen LogP contribution in [0.3, 0.4) is 0 Å². The normalized spacial score (nSPS) is 11.9. The number of hydrogen-bond acceptors (Lipinski definition) is 4. The first-order valence-electron chi connectivity index (χ1n) is 6.29. The number of rotatable bonds is 4. The molecule has 1 atom stereocenters. The van der Waals surface area contributed by atoms with Crippen molar-refractivity contribution in [2.24, 2.45) is 0 Å². The number of carbonyl (C=O) groups excluding carboxylic acids is 1. The predicted octanol–water partition coefficient (Wildman–Crippen LogP) is 2.15. The summed E-state index contributed by atoms with van der Waals surface area (Å²) in [5.41, 5.74) is 2.38. The molecule has 1 aromatic heterocycles. The average molecular weight is 275 g/mol. The molecule has 1 aromatic carbocycles. The molecule has 0 saturated carbocycles. The summed E-state index contributed by atoms with van der Waals surface area (Å²) in [7, 11) is 0. The quantitative estimate of drug-likeness (QED) is 0.798. The second-order valence-electron chi connectivity index (χ2n) is 4.55. The van der Waals surface area contributed by atoms with Gasteiger partial charge in [-0.05, 0) is 31.5 Å². The van der Waals surface area contributed by atoms with Crippen LogP contribution in [0.4, 0.5) is 10.5 Å².